The van der Waals surface area contributed by atoms with Gasteiger partial charge < -0.3 is 9.84 Å². The first-order valence-electron chi connectivity index (χ1n) is 8.36. The van der Waals surface area contributed by atoms with Gasteiger partial charge in [-0.05, 0) is 47.5 Å². The molecule has 3 rings (SSSR count). The van der Waals surface area contributed by atoms with Crippen molar-refractivity contribution in [3.05, 3.63) is 59.4 Å². The highest BCUT2D eigenvalue weighted by Crippen LogP contribution is 2.32. The summed E-state index contributed by atoms with van der Waals surface area (Å²) in [6.07, 6.45) is 2.52. The molecule has 0 aliphatic carbocycles. The second kappa shape index (κ2) is 7.89. The summed E-state index contributed by atoms with van der Waals surface area (Å²) in [4.78, 5) is 37.3. The van der Waals surface area contributed by atoms with Crippen molar-refractivity contribution in [3.63, 3.8) is 0 Å². The molecule has 1 atom stereocenters. The minimum Gasteiger partial charge on any atom is -0.485 e. The maximum Gasteiger partial charge on any atom is 0.289 e. The lowest BCUT2D eigenvalue weighted by Crippen LogP contribution is -2.38. The van der Waals surface area contributed by atoms with Crippen molar-refractivity contribution in [2.45, 2.75) is 24.7 Å². The van der Waals surface area contributed by atoms with Crippen LogP contribution in [0.25, 0.3) is 0 Å². The van der Waals surface area contributed by atoms with Gasteiger partial charge in [0.05, 0.1) is 0 Å². The average molecular weight is 386 g/mol. The first-order valence-corrected chi connectivity index (χ1v) is 9.18. The van der Waals surface area contributed by atoms with E-state index in [0.29, 0.717) is 28.8 Å². The van der Waals surface area contributed by atoms with Crippen LogP contribution in [0.2, 0.25) is 0 Å². The number of nitrogens with one attached hydrogen (secondary N) is 1. The molecule has 0 radical (unpaired) electrons. The number of pyridine rings is 1. The van der Waals surface area contributed by atoms with Crippen molar-refractivity contribution in [1.82, 2.24) is 10.3 Å². The van der Waals surface area contributed by atoms with Crippen LogP contribution in [-0.4, -0.2) is 38.6 Å². The second-order valence-corrected chi connectivity index (χ2v) is 7.32. The fourth-order valence-corrected chi connectivity index (χ4v) is 3.37. The van der Waals surface area contributed by atoms with Gasteiger partial charge in [-0.2, -0.15) is 0 Å². The molecular weight excluding hydrogens is 368 g/mol. The van der Waals surface area contributed by atoms with Crippen LogP contribution in [-0.2, 0) is 17.6 Å². The smallest absolute Gasteiger partial charge is 0.289 e. The van der Waals surface area contributed by atoms with E-state index in [2.05, 4.69) is 10.3 Å². The van der Waals surface area contributed by atoms with Crippen molar-refractivity contribution in [2.24, 2.45) is 0 Å². The summed E-state index contributed by atoms with van der Waals surface area (Å²) >= 11 is 0.562. The second-order valence-electron chi connectivity index (χ2n) is 6.07. The Balaban J connectivity index is 1.56. The topological polar surface area (TPSA) is 106 Å². The molecule has 2 amide bonds. The number of hydrogen-bond donors (Lipinski definition) is 2. The van der Waals surface area contributed by atoms with E-state index in [1.165, 1.54) is 0 Å². The Kier molecular flexibility index (Phi) is 5.57. The first kappa shape index (κ1) is 19.1. The highest BCUT2D eigenvalue weighted by Gasteiger charge is 2.46. The van der Waals surface area contributed by atoms with Crippen molar-refractivity contribution < 1.29 is 24.2 Å². The number of benzene rings is 1. The summed E-state index contributed by atoms with van der Waals surface area (Å²) in [6, 6.07) is 10.2. The third kappa shape index (κ3) is 4.53. The van der Waals surface area contributed by atoms with Gasteiger partial charge in [-0.25, -0.2) is 0 Å². The van der Waals surface area contributed by atoms with Crippen LogP contribution in [0.3, 0.4) is 0 Å². The maximum atomic E-state index is 12.1. The number of Topliss-reactive ketones (excluding diaryl/α,β-unsaturated/α-hetero) is 1. The monoisotopic (exact) mass is 386 g/mol. The van der Waals surface area contributed by atoms with Crippen molar-refractivity contribution in [1.29, 1.82) is 0 Å². The Bertz CT molecular complexity index is 867. The molecule has 2 aromatic rings. The van der Waals surface area contributed by atoms with Crippen molar-refractivity contribution in [3.8, 4) is 5.75 Å². The number of ketones is 1. The molecule has 8 heteroatoms. The number of carbonyl (C=O) groups is 3. The Labute approximate surface area is 160 Å². The zero-order chi connectivity index (χ0) is 19.4. The van der Waals surface area contributed by atoms with E-state index in [-0.39, 0.29) is 18.8 Å². The van der Waals surface area contributed by atoms with Gasteiger partial charge >= 0.3 is 0 Å². The number of thioether (sulfide) groups is 1. The number of imide groups is 1. The Hall–Kier alpha value is -2.71. The molecule has 1 aromatic heterocycles. The molecule has 2 heterocycles. The Morgan fingerprint density at radius 2 is 1.89 bits per heavy atom. The fraction of sp³-hybridized carbons (Fsp3) is 0.263. The van der Waals surface area contributed by atoms with Crippen LogP contribution in [0.15, 0.2) is 42.6 Å². The quantitative estimate of drug-likeness (QED) is 0.702. The minimum absolute atomic E-state index is 0.0118. The molecule has 1 saturated heterocycles. The lowest BCUT2D eigenvalue weighted by molar-refractivity contribution is -0.129. The van der Waals surface area contributed by atoms with Crippen molar-refractivity contribution >= 4 is 28.7 Å². The van der Waals surface area contributed by atoms with Crippen LogP contribution in [0.5, 0.6) is 5.75 Å². The van der Waals surface area contributed by atoms with Crippen LogP contribution in [0.1, 0.15) is 28.5 Å². The number of ether oxygens (including phenoxy) is 1. The van der Waals surface area contributed by atoms with E-state index in [0.717, 1.165) is 12.0 Å². The first-order chi connectivity index (χ1) is 12.9. The van der Waals surface area contributed by atoms with Crippen LogP contribution < -0.4 is 10.1 Å². The highest BCUT2D eigenvalue weighted by atomic mass is 32.2. The molecule has 1 aliphatic heterocycles. The number of nitrogens with zero attached hydrogens (tertiary/aromatic N) is 1. The molecule has 0 saturated carbocycles. The number of aliphatic hydroxyl groups is 1. The largest absolute Gasteiger partial charge is 0.485 e. The average Bonchev–Trinajstić information content (AvgIpc) is 2.92. The number of carbonyl (C=O) groups excluding carboxylic acids is 3. The molecule has 140 valence electrons. The normalized spacial score (nSPS) is 19.0. The molecule has 7 nitrogen and oxygen atoms in total. The molecule has 1 aromatic carbocycles. The number of aromatic nitrogens is 1. The summed E-state index contributed by atoms with van der Waals surface area (Å²) in [7, 11) is 0. The van der Waals surface area contributed by atoms with Gasteiger partial charge in [0.15, 0.2) is 6.61 Å². The van der Waals surface area contributed by atoms with Gasteiger partial charge in [0.1, 0.15) is 11.4 Å². The van der Waals surface area contributed by atoms with E-state index in [9.17, 15) is 19.5 Å². The fourth-order valence-electron chi connectivity index (χ4n) is 2.53. The number of amides is 2. The van der Waals surface area contributed by atoms with Crippen molar-refractivity contribution in [2.75, 3.05) is 6.61 Å². The SMILES string of the molecule is CCc1ccc(C(=O)COc2ccc(CC3(O)SC(=O)NC3=O)cc2)nc1. The Morgan fingerprint density at radius 1 is 1.19 bits per heavy atom. The lowest BCUT2D eigenvalue weighted by atomic mass is 10.1. The third-order valence-corrected chi connectivity index (χ3v) is 5.04. The van der Waals surface area contributed by atoms with Crippen LogP contribution in [0.4, 0.5) is 4.79 Å². The molecule has 1 fully saturated rings. The summed E-state index contributed by atoms with van der Waals surface area (Å²) in [6.45, 7) is 1.87. The molecule has 1 unspecified atom stereocenters. The standard InChI is InChI=1S/C19H18N2O5S/c1-2-12-5-8-15(20-10-12)16(22)11-26-14-6-3-13(4-7-14)9-19(25)17(23)21-18(24)27-19/h3-8,10,25H,2,9,11H2,1H3,(H,21,23,24). The lowest BCUT2D eigenvalue weighted by Gasteiger charge is -2.17. The number of rotatable bonds is 7. The van der Waals surface area contributed by atoms with Crippen LogP contribution in [0, 0.1) is 0 Å². The number of hydrogen-bond acceptors (Lipinski definition) is 7. The van der Waals surface area contributed by atoms with Gasteiger partial charge in [0.25, 0.3) is 11.1 Å². The molecule has 0 bridgehead atoms. The maximum absolute atomic E-state index is 12.1. The number of aryl methyl sites for hydroxylation is 1. The van der Waals surface area contributed by atoms with E-state index < -0.39 is 16.1 Å². The molecule has 2 N–H and O–H groups in total. The summed E-state index contributed by atoms with van der Waals surface area (Å²) in [5, 5.41) is 11.7. The van der Waals surface area contributed by atoms with Gasteiger partial charge in [-0.15, -0.1) is 0 Å². The molecule has 27 heavy (non-hydrogen) atoms. The van der Waals surface area contributed by atoms with Crippen LogP contribution >= 0.6 is 11.8 Å². The zero-order valence-electron chi connectivity index (χ0n) is 14.6. The third-order valence-electron chi connectivity index (χ3n) is 4.09. The molecule has 0 spiro atoms. The summed E-state index contributed by atoms with van der Waals surface area (Å²) in [5.74, 6) is -0.470. The predicted molar refractivity (Wildman–Crippen MR) is 99.7 cm³/mol. The predicted octanol–water partition coefficient (Wildman–Crippen LogP) is 2.12. The summed E-state index contributed by atoms with van der Waals surface area (Å²) < 4.78 is 5.48. The van der Waals surface area contributed by atoms with Gasteiger partial charge in [0.2, 0.25) is 10.7 Å². The zero-order valence-corrected chi connectivity index (χ0v) is 15.4. The van der Waals surface area contributed by atoms with E-state index in [1.807, 2.05) is 13.0 Å². The van der Waals surface area contributed by atoms with Gasteiger partial charge in [-0.1, -0.05) is 25.1 Å². The van der Waals surface area contributed by atoms with Gasteiger partial charge in [-0.3, -0.25) is 24.7 Å². The van der Waals surface area contributed by atoms with E-state index in [4.69, 9.17) is 4.74 Å². The highest BCUT2D eigenvalue weighted by molar-refractivity contribution is 8.15. The molecular formula is C19H18N2O5S. The summed E-state index contributed by atoms with van der Waals surface area (Å²) in [5.41, 5.74) is 2.06. The van der Waals surface area contributed by atoms with E-state index in [1.54, 1.807) is 36.5 Å². The minimum atomic E-state index is -1.80. The van der Waals surface area contributed by atoms with E-state index >= 15 is 0 Å². The molecule has 1 aliphatic rings. The Morgan fingerprint density at radius 3 is 2.44 bits per heavy atom. The van der Waals surface area contributed by atoms with Gasteiger partial charge in [0, 0.05) is 12.6 Å².